The molecule has 1 N–H and O–H groups in total. The van der Waals surface area contributed by atoms with E-state index in [0.29, 0.717) is 30.8 Å². The lowest BCUT2D eigenvalue weighted by molar-refractivity contribution is -0.0171. The highest BCUT2D eigenvalue weighted by molar-refractivity contribution is 5.96. The minimum absolute atomic E-state index is 0.166. The van der Waals surface area contributed by atoms with Crippen molar-refractivity contribution < 1.29 is 9.18 Å². The summed E-state index contributed by atoms with van der Waals surface area (Å²) < 4.78 is 13.8. The number of rotatable bonds is 3. The van der Waals surface area contributed by atoms with E-state index in [1.165, 1.54) is 6.07 Å². The van der Waals surface area contributed by atoms with Crippen LogP contribution in [0, 0.1) is 24.1 Å². The van der Waals surface area contributed by atoms with Crippen LogP contribution in [-0.4, -0.2) is 42.1 Å². The maximum Gasteiger partial charge on any atom is 0.322 e. The van der Waals surface area contributed by atoms with Crippen LogP contribution in [0.5, 0.6) is 0 Å². The average Bonchev–Trinajstić information content (AvgIpc) is 3.04. The van der Waals surface area contributed by atoms with Crippen LogP contribution >= 0.6 is 0 Å². The Kier molecular flexibility index (Phi) is 5.82. The van der Waals surface area contributed by atoms with Crippen molar-refractivity contribution in [1.29, 1.82) is 5.26 Å². The van der Waals surface area contributed by atoms with Gasteiger partial charge in [0.05, 0.1) is 29.5 Å². The maximum absolute atomic E-state index is 13.8. The Labute approximate surface area is 177 Å². The van der Waals surface area contributed by atoms with Crippen molar-refractivity contribution in [2.75, 3.05) is 25.5 Å². The normalized spacial score (nSPS) is 24.7. The van der Waals surface area contributed by atoms with Crippen LogP contribution in [0.3, 0.4) is 0 Å². The number of urea groups is 1. The molecule has 158 valence electrons. The first kappa shape index (κ1) is 21.7. The van der Waals surface area contributed by atoms with Crippen molar-refractivity contribution in [3.63, 3.8) is 0 Å². The molecule has 6 nitrogen and oxygen atoms in total. The van der Waals surface area contributed by atoms with Gasteiger partial charge in [0.2, 0.25) is 0 Å². The molecule has 1 aliphatic heterocycles. The first-order chi connectivity index (χ1) is 14.3. The van der Waals surface area contributed by atoms with Crippen LogP contribution in [0.15, 0.2) is 36.5 Å². The Bertz CT molecular complexity index is 991. The summed E-state index contributed by atoms with van der Waals surface area (Å²) in [7, 11) is 3.97. The fourth-order valence-corrected chi connectivity index (χ4v) is 4.62. The van der Waals surface area contributed by atoms with Gasteiger partial charge in [-0.1, -0.05) is 26.0 Å². The molecule has 7 heteroatoms. The standard InChI is InChI=1S/C21H22FN5O.C2H6/c1-14-7-17(9-23)24-10-18(14)27-13-20(25-19(27)28)11-21(12-20,26(2)3)15-5-4-6-16(22)8-15;1-2/h4-8,10H,11-13H2,1-3H3,(H,25,28);1-2H3. The van der Waals surface area contributed by atoms with E-state index in [1.807, 2.05) is 47.0 Å². The van der Waals surface area contributed by atoms with E-state index >= 15 is 0 Å². The maximum atomic E-state index is 13.8. The van der Waals surface area contributed by atoms with Crippen LogP contribution in [0.1, 0.15) is 43.5 Å². The number of aryl methyl sites for hydroxylation is 1. The monoisotopic (exact) mass is 409 g/mol. The number of pyridine rings is 1. The summed E-state index contributed by atoms with van der Waals surface area (Å²) in [6.07, 6.45) is 2.97. The van der Waals surface area contributed by atoms with Gasteiger partial charge in [-0.05, 0) is 63.2 Å². The molecular weight excluding hydrogens is 381 g/mol. The Balaban J connectivity index is 0.00000124. The van der Waals surface area contributed by atoms with Crippen molar-refractivity contribution >= 4 is 11.7 Å². The molecule has 0 atom stereocenters. The largest absolute Gasteiger partial charge is 0.330 e. The number of nitrogens with zero attached hydrogens (tertiary/aromatic N) is 4. The lowest BCUT2D eigenvalue weighted by atomic mass is 9.59. The van der Waals surface area contributed by atoms with Crippen molar-refractivity contribution in [3.8, 4) is 6.07 Å². The molecule has 2 aromatic rings. The number of nitrogens with one attached hydrogen (secondary N) is 1. The fraction of sp³-hybridized carbons (Fsp3) is 0.435. The molecule has 1 aromatic carbocycles. The van der Waals surface area contributed by atoms with Gasteiger partial charge in [0.15, 0.2) is 0 Å². The number of carbonyl (C=O) groups is 1. The quantitative estimate of drug-likeness (QED) is 0.833. The van der Waals surface area contributed by atoms with Gasteiger partial charge < -0.3 is 5.32 Å². The Hall–Kier alpha value is -2.98. The van der Waals surface area contributed by atoms with Crippen molar-refractivity contribution in [2.24, 2.45) is 0 Å². The molecule has 2 heterocycles. The topological polar surface area (TPSA) is 72.3 Å². The minimum atomic E-state index is -0.367. The Morgan fingerprint density at radius 2 is 1.97 bits per heavy atom. The third-order valence-electron chi connectivity index (χ3n) is 6.05. The number of halogens is 1. The number of hydrogen-bond acceptors (Lipinski definition) is 4. The van der Waals surface area contributed by atoms with Crippen molar-refractivity contribution in [1.82, 2.24) is 15.2 Å². The summed E-state index contributed by atoms with van der Waals surface area (Å²) in [5.41, 5.74) is 2.12. The van der Waals surface area contributed by atoms with Crippen LogP contribution < -0.4 is 10.2 Å². The SMILES string of the molecule is CC.Cc1cc(C#N)ncc1N1CC2(CC(c3cccc(F)c3)(N(C)C)C2)NC1=O. The fourth-order valence-electron chi connectivity index (χ4n) is 4.62. The Morgan fingerprint density at radius 1 is 1.27 bits per heavy atom. The van der Waals surface area contributed by atoms with Crippen LogP contribution in [0.4, 0.5) is 14.9 Å². The van der Waals surface area contributed by atoms with Crippen LogP contribution in [-0.2, 0) is 5.54 Å². The summed E-state index contributed by atoms with van der Waals surface area (Å²) in [4.78, 5) is 20.6. The first-order valence-electron chi connectivity index (χ1n) is 10.2. The molecule has 1 aromatic heterocycles. The highest BCUT2D eigenvalue weighted by Crippen LogP contribution is 2.53. The van der Waals surface area contributed by atoms with E-state index in [9.17, 15) is 9.18 Å². The van der Waals surface area contributed by atoms with Crippen LogP contribution in [0.2, 0.25) is 0 Å². The molecule has 4 rings (SSSR count). The zero-order valence-electron chi connectivity index (χ0n) is 18.2. The molecule has 2 amide bonds. The molecule has 0 bridgehead atoms. The van der Waals surface area contributed by atoms with Gasteiger partial charge in [-0.2, -0.15) is 5.26 Å². The molecule has 0 unspecified atom stereocenters. The van der Waals surface area contributed by atoms with E-state index in [1.54, 1.807) is 29.3 Å². The summed E-state index contributed by atoms with van der Waals surface area (Å²) >= 11 is 0. The number of benzene rings is 1. The summed E-state index contributed by atoms with van der Waals surface area (Å²) in [5, 5.41) is 12.1. The second-order valence-corrected chi connectivity index (χ2v) is 8.05. The summed E-state index contributed by atoms with van der Waals surface area (Å²) in [6, 6.07) is 10.2. The third-order valence-corrected chi connectivity index (χ3v) is 6.05. The van der Waals surface area contributed by atoms with Crippen molar-refractivity contribution in [3.05, 3.63) is 59.2 Å². The molecule has 1 spiro atoms. The number of amides is 2. The average molecular weight is 410 g/mol. The molecule has 2 aliphatic rings. The van der Waals surface area contributed by atoms with E-state index in [2.05, 4.69) is 15.2 Å². The van der Waals surface area contributed by atoms with Gasteiger partial charge in [-0.25, -0.2) is 14.2 Å². The molecule has 30 heavy (non-hydrogen) atoms. The zero-order valence-corrected chi connectivity index (χ0v) is 18.2. The molecule has 2 fully saturated rings. The first-order valence-corrected chi connectivity index (χ1v) is 10.2. The van der Waals surface area contributed by atoms with E-state index in [-0.39, 0.29) is 22.9 Å². The smallest absolute Gasteiger partial charge is 0.322 e. The lowest BCUT2D eigenvalue weighted by Gasteiger charge is -2.57. The molecule has 1 saturated carbocycles. The second kappa shape index (κ2) is 8.04. The minimum Gasteiger partial charge on any atom is -0.330 e. The van der Waals surface area contributed by atoms with E-state index in [4.69, 9.17) is 5.26 Å². The van der Waals surface area contributed by atoms with Crippen LogP contribution in [0.25, 0.3) is 0 Å². The highest BCUT2D eigenvalue weighted by Gasteiger charge is 2.61. The second-order valence-electron chi connectivity index (χ2n) is 8.05. The molecule has 1 aliphatic carbocycles. The summed E-state index contributed by atoms with van der Waals surface area (Å²) in [6.45, 7) is 6.39. The lowest BCUT2D eigenvalue weighted by Crippen LogP contribution is -2.66. The molecule has 0 radical (unpaired) electrons. The number of anilines is 1. The number of carbonyl (C=O) groups excluding carboxylic acids is 1. The summed E-state index contributed by atoms with van der Waals surface area (Å²) in [5.74, 6) is -0.254. The van der Waals surface area contributed by atoms with Gasteiger partial charge in [-0.3, -0.25) is 9.80 Å². The van der Waals surface area contributed by atoms with Gasteiger partial charge in [0.1, 0.15) is 17.6 Å². The highest BCUT2D eigenvalue weighted by atomic mass is 19.1. The predicted octanol–water partition coefficient (Wildman–Crippen LogP) is 3.95. The molecule has 1 saturated heterocycles. The van der Waals surface area contributed by atoms with Crippen molar-refractivity contribution in [2.45, 2.75) is 44.7 Å². The van der Waals surface area contributed by atoms with Gasteiger partial charge >= 0.3 is 6.03 Å². The van der Waals surface area contributed by atoms with Gasteiger partial charge in [0.25, 0.3) is 0 Å². The van der Waals surface area contributed by atoms with E-state index < -0.39 is 0 Å². The van der Waals surface area contributed by atoms with E-state index in [0.717, 1.165) is 11.1 Å². The molecular formula is C23H28FN5O. The third kappa shape index (κ3) is 3.52. The zero-order chi connectivity index (χ0) is 22.1. The van der Waals surface area contributed by atoms with Gasteiger partial charge in [0, 0.05) is 0 Å². The number of aromatic nitrogens is 1. The number of hydrogen-bond donors (Lipinski definition) is 1. The Morgan fingerprint density at radius 3 is 2.53 bits per heavy atom. The van der Waals surface area contributed by atoms with Gasteiger partial charge in [-0.15, -0.1) is 0 Å². The predicted molar refractivity (Wildman–Crippen MR) is 115 cm³/mol. The number of nitriles is 1.